The van der Waals surface area contributed by atoms with Crippen molar-refractivity contribution in [3.63, 3.8) is 0 Å². The third kappa shape index (κ3) is 9.94. The fourth-order valence-electron chi connectivity index (χ4n) is 9.64. The quantitative estimate of drug-likeness (QED) is 0.0686. The maximum Gasteiger partial charge on any atom is 0.407 e. The first-order chi connectivity index (χ1) is 33.6. The summed E-state index contributed by atoms with van der Waals surface area (Å²) in [7, 11) is 2.83. The molecular weight excluding hydrogens is 881 g/mol. The molecular formula is C55H64N10O5. The molecule has 3 amide bonds. The molecule has 0 spiro atoms. The van der Waals surface area contributed by atoms with E-state index >= 15 is 0 Å². The van der Waals surface area contributed by atoms with Crippen LogP contribution in [0, 0.1) is 23.2 Å². The maximum absolute atomic E-state index is 13.9. The molecule has 2 aliphatic rings. The molecule has 6 aromatic rings. The molecule has 0 saturated carbocycles. The summed E-state index contributed by atoms with van der Waals surface area (Å²) in [5, 5.41) is 15.8. The van der Waals surface area contributed by atoms with E-state index in [-0.39, 0.29) is 35.7 Å². The van der Waals surface area contributed by atoms with Gasteiger partial charge >= 0.3 is 6.09 Å². The third-order valence-corrected chi connectivity index (χ3v) is 13.8. The predicted octanol–water partition coefficient (Wildman–Crippen LogP) is 9.83. The zero-order chi connectivity index (χ0) is 49.9. The highest BCUT2D eigenvalue weighted by atomic mass is 16.5. The minimum Gasteiger partial charge on any atom is -0.483 e. The second-order valence-corrected chi connectivity index (χ2v) is 19.5. The number of rotatable bonds is 16. The summed E-state index contributed by atoms with van der Waals surface area (Å²) < 4.78 is 12.3. The lowest BCUT2D eigenvalue weighted by Gasteiger charge is -2.31. The van der Waals surface area contributed by atoms with Gasteiger partial charge in [0.2, 0.25) is 11.8 Å². The fraction of sp³-hybridized carbons (Fsp3) is 0.382. The Balaban J connectivity index is 1.05. The van der Waals surface area contributed by atoms with Gasteiger partial charge in [0.1, 0.15) is 23.7 Å². The Labute approximate surface area is 410 Å². The van der Waals surface area contributed by atoms with E-state index in [1.54, 1.807) is 0 Å². The maximum atomic E-state index is 13.9. The van der Waals surface area contributed by atoms with Crippen molar-refractivity contribution in [2.45, 2.75) is 96.8 Å². The minimum absolute atomic E-state index is 0.00203. The number of ether oxygens (including phenoxy) is 2. The van der Waals surface area contributed by atoms with Gasteiger partial charge in [0.15, 0.2) is 5.88 Å². The fourth-order valence-corrected chi connectivity index (χ4v) is 9.64. The van der Waals surface area contributed by atoms with Crippen molar-refractivity contribution in [3.8, 4) is 56.8 Å². The molecule has 2 saturated heterocycles. The summed E-state index contributed by atoms with van der Waals surface area (Å²) in [4.78, 5) is 60.0. The highest BCUT2D eigenvalue weighted by molar-refractivity contribution is 5.86. The summed E-state index contributed by atoms with van der Waals surface area (Å²) in [6.07, 6.45) is 6.31. The number of nitriles is 1. The van der Waals surface area contributed by atoms with Crippen LogP contribution in [0.3, 0.4) is 0 Å². The molecule has 8 rings (SSSR count). The lowest BCUT2D eigenvalue weighted by molar-refractivity contribution is -0.136. The van der Waals surface area contributed by atoms with Crippen molar-refractivity contribution in [1.29, 1.82) is 5.26 Å². The van der Waals surface area contributed by atoms with Crippen molar-refractivity contribution < 1.29 is 23.9 Å². The molecule has 364 valence electrons. The molecule has 2 aliphatic heterocycles. The topological polar surface area (TPSA) is 186 Å². The first kappa shape index (κ1) is 48.8. The Kier molecular flexibility index (Phi) is 14.3. The largest absolute Gasteiger partial charge is 0.483 e. The Hall–Kier alpha value is -7.60. The molecule has 0 bridgehead atoms. The molecule has 1 unspecified atom stereocenters. The Morgan fingerprint density at radius 1 is 0.686 bits per heavy atom. The van der Waals surface area contributed by atoms with E-state index in [0.717, 1.165) is 87.8 Å². The van der Waals surface area contributed by atoms with Crippen LogP contribution in [0.4, 0.5) is 4.79 Å². The van der Waals surface area contributed by atoms with Crippen LogP contribution in [0.5, 0.6) is 0 Å². The van der Waals surface area contributed by atoms with Crippen LogP contribution in [0.2, 0.25) is 0 Å². The van der Waals surface area contributed by atoms with Crippen molar-refractivity contribution in [2.24, 2.45) is 11.8 Å². The van der Waals surface area contributed by atoms with Gasteiger partial charge < -0.3 is 44.4 Å². The molecule has 4 N–H and O–H groups in total. The standard InChI is InChI=1S/C55H64N10O5/c1-33(2)48(59-35(5)69-8)52(66)63-28-10-12-46(63)50-57-30-42(60-50)36-14-18-38(19-15-36)44-26-27-45(65(44)41-24-22-40(23-25-41)55(6,7)32-56)39-20-16-37(17-21-39)43-31-58-51(61-43)47-13-11-29-64(47)53(67)49(34(3)4)62-54(68)70-9/h14-27,30-31,33-34,46-49,59H,5,10-13,28-29H2,1-4,6-9H3,(H,57,60)(H,58,61)(H,62,68)/t46-,47?,48-,49-/m0/s1. The van der Waals surface area contributed by atoms with E-state index in [2.05, 4.69) is 111 Å². The molecule has 70 heavy (non-hydrogen) atoms. The number of carbonyl (C=O) groups is 3. The number of carbonyl (C=O) groups excluding carboxylic acids is 3. The number of alkyl carbamates (subject to hydrolysis) is 1. The van der Waals surface area contributed by atoms with Crippen LogP contribution in [0.1, 0.15) is 96.5 Å². The lowest BCUT2D eigenvalue weighted by atomic mass is 9.86. The van der Waals surface area contributed by atoms with E-state index in [4.69, 9.17) is 19.4 Å². The number of methoxy groups -OCH3 is 2. The van der Waals surface area contributed by atoms with Gasteiger partial charge in [-0.2, -0.15) is 5.26 Å². The monoisotopic (exact) mass is 945 g/mol. The summed E-state index contributed by atoms with van der Waals surface area (Å²) in [6, 6.07) is 30.0. The van der Waals surface area contributed by atoms with Gasteiger partial charge in [-0.1, -0.05) is 88.4 Å². The number of hydrogen-bond donors (Lipinski definition) is 4. The van der Waals surface area contributed by atoms with Crippen molar-refractivity contribution in [3.05, 3.63) is 127 Å². The summed E-state index contributed by atoms with van der Waals surface area (Å²) in [5.41, 5.74) is 8.84. The number of likely N-dealkylation sites (tertiary alicyclic amines) is 2. The van der Waals surface area contributed by atoms with Gasteiger partial charge in [-0.3, -0.25) is 9.59 Å². The number of aromatic nitrogens is 5. The molecule has 3 aromatic heterocycles. The van der Waals surface area contributed by atoms with Gasteiger partial charge in [-0.15, -0.1) is 0 Å². The molecule has 15 nitrogen and oxygen atoms in total. The molecule has 0 radical (unpaired) electrons. The number of amides is 3. The van der Waals surface area contributed by atoms with Crippen molar-refractivity contribution in [1.82, 2.24) is 44.9 Å². The van der Waals surface area contributed by atoms with Gasteiger partial charge in [-0.25, -0.2) is 14.8 Å². The van der Waals surface area contributed by atoms with Crippen molar-refractivity contribution in [2.75, 3.05) is 27.3 Å². The molecule has 2 fully saturated rings. The van der Waals surface area contributed by atoms with Crippen LogP contribution >= 0.6 is 0 Å². The Bertz CT molecular complexity index is 2710. The second kappa shape index (κ2) is 20.6. The molecule has 5 heterocycles. The number of nitrogens with one attached hydrogen (secondary N) is 4. The first-order valence-electron chi connectivity index (χ1n) is 24.1. The molecule has 4 atom stereocenters. The Morgan fingerprint density at radius 3 is 1.54 bits per heavy atom. The minimum atomic E-state index is -0.712. The lowest BCUT2D eigenvalue weighted by Crippen LogP contribution is -2.51. The summed E-state index contributed by atoms with van der Waals surface area (Å²) in [6.45, 7) is 16.8. The molecule has 3 aromatic carbocycles. The highest BCUT2D eigenvalue weighted by Crippen LogP contribution is 2.38. The summed E-state index contributed by atoms with van der Waals surface area (Å²) >= 11 is 0. The molecule has 15 heteroatoms. The van der Waals surface area contributed by atoms with E-state index in [9.17, 15) is 19.6 Å². The van der Waals surface area contributed by atoms with E-state index in [1.807, 2.05) is 75.9 Å². The van der Waals surface area contributed by atoms with Crippen LogP contribution in [-0.2, 0) is 24.5 Å². The van der Waals surface area contributed by atoms with E-state index < -0.39 is 23.6 Å². The predicted molar refractivity (Wildman–Crippen MR) is 270 cm³/mol. The van der Waals surface area contributed by atoms with E-state index in [1.165, 1.54) is 14.2 Å². The number of imidazole rings is 2. The first-order valence-corrected chi connectivity index (χ1v) is 24.1. The summed E-state index contributed by atoms with van der Waals surface area (Å²) in [5.74, 6) is 1.58. The van der Waals surface area contributed by atoms with Gasteiger partial charge in [0, 0.05) is 18.8 Å². The normalized spacial score (nSPS) is 16.8. The van der Waals surface area contributed by atoms with Gasteiger partial charge in [-0.05, 0) is 110 Å². The van der Waals surface area contributed by atoms with Crippen molar-refractivity contribution >= 4 is 17.9 Å². The number of H-pyrrole nitrogens is 2. The molecule has 0 aliphatic carbocycles. The SMILES string of the molecule is C=C(N[C@H](C(=O)N1CCC[C@H]1c1ncc(-c2ccc(-c3ccc(-c4ccc(-c5cnc(C6CCCN6C(=O)[C@@H](NC(=O)OC)C(C)C)[nH]5)cc4)n3-c3ccc(C(C)(C)C#N)cc3)cc2)[nH]1)C(C)C)OC. The zero-order valence-electron chi connectivity index (χ0n) is 41.4. The highest BCUT2D eigenvalue weighted by Gasteiger charge is 2.39. The average molecular weight is 945 g/mol. The van der Waals surface area contributed by atoms with Gasteiger partial charge in [0.25, 0.3) is 0 Å². The number of aromatic amines is 2. The second-order valence-electron chi connectivity index (χ2n) is 19.5. The van der Waals surface area contributed by atoms with Crippen LogP contribution in [0.25, 0.3) is 50.7 Å². The third-order valence-electron chi connectivity index (χ3n) is 13.8. The Morgan fingerprint density at radius 2 is 1.13 bits per heavy atom. The van der Waals surface area contributed by atoms with Gasteiger partial charge in [0.05, 0.1) is 73.0 Å². The van der Waals surface area contributed by atoms with Crippen LogP contribution in [0.15, 0.2) is 110 Å². The number of benzene rings is 3. The smallest absolute Gasteiger partial charge is 0.407 e. The van der Waals surface area contributed by atoms with Crippen LogP contribution < -0.4 is 10.6 Å². The van der Waals surface area contributed by atoms with E-state index in [0.29, 0.717) is 24.8 Å². The number of nitrogens with zero attached hydrogens (tertiary/aromatic N) is 6. The number of hydrogen-bond acceptors (Lipinski definition) is 9. The zero-order valence-corrected chi connectivity index (χ0v) is 41.4. The van der Waals surface area contributed by atoms with Crippen LogP contribution in [-0.4, -0.2) is 91.6 Å². The average Bonchev–Trinajstić information content (AvgIpc) is 4.24.